The van der Waals surface area contributed by atoms with Crippen LogP contribution in [0.1, 0.15) is 18.4 Å². The second-order valence-corrected chi connectivity index (χ2v) is 6.54. The number of nitrogens with zero attached hydrogens (tertiary/aromatic N) is 6. The summed E-state index contributed by atoms with van der Waals surface area (Å²) in [6.45, 7) is 5.61. The molecule has 3 rings (SSSR count). The molecule has 8 heteroatoms. The van der Waals surface area contributed by atoms with Gasteiger partial charge >= 0.3 is 5.69 Å². The van der Waals surface area contributed by atoms with Crippen molar-refractivity contribution in [2.24, 2.45) is 7.05 Å². The van der Waals surface area contributed by atoms with Crippen LogP contribution in [0.3, 0.4) is 0 Å². The van der Waals surface area contributed by atoms with Gasteiger partial charge in [0, 0.05) is 38.9 Å². The van der Waals surface area contributed by atoms with E-state index in [-0.39, 0.29) is 5.88 Å². The number of rotatable bonds is 7. The van der Waals surface area contributed by atoms with Gasteiger partial charge in [-0.3, -0.25) is 4.90 Å². The molecule has 1 aliphatic rings. The van der Waals surface area contributed by atoms with Gasteiger partial charge < -0.3 is 9.64 Å². The molecule has 0 radical (unpaired) electrons. The van der Waals surface area contributed by atoms with E-state index < -0.39 is 5.69 Å². The van der Waals surface area contributed by atoms with Crippen LogP contribution in [0.5, 0.6) is 5.88 Å². The highest BCUT2D eigenvalue weighted by atomic mass is 16.5. The Bertz CT molecular complexity index is 835. The van der Waals surface area contributed by atoms with Crippen LogP contribution in [0.2, 0.25) is 0 Å². The second kappa shape index (κ2) is 9.14. The number of aromatic nitrogens is 3. The zero-order valence-corrected chi connectivity index (χ0v) is 15.5. The highest BCUT2D eigenvalue weighted by Gasteiger charge is 2.16. The van der Waals surface area contributed by atoms with Crippen LogP contribution in [0.15, 0.2) is 35.3 Å². The summed E-state index contributed by atoms with van der Waals surface area (Å²) in [6, 6.07) is 9.93. The molecule has 2 heterocycles. The first-order valence-electron chi connectivity index (χ1n) is 9.16. The van der Waals surface area contributed by atoms with Gasteiger partial charge in [-0.2, -0.15) is 15.3 Å². The minimum Gasteiger partial charge on any atom is -0.476 e. The summed E-state index contributed by atoms with van der Waals surface area (Å²) >= 11 is 0. The lowest BCUT2D eigenvalue weighted by Gasteiger charge is -2.36. The molecular weight excluding hydrogens is 344 g/mol. The largest absolute Gasteiger partial charge is 0.476 e. The second-order valence-electron chi connectivity index (χ2n) is 6.54. The molecule has 0 spiro atoms. The number of hydrogen-bond donors (Lipinski definition) is 0. The first-order chi connectivity index (χ1) is 13.2. The summed E-state index contributed by atoms with van der Waals surface area (Å²) in [5.41, 5.74) is 1.46. The average molecular weight is 368 g/mol. The van der Waals surface area contributed by atoms with Gasteiger partial charge in [0.1, 0.15) is 6.20 Å². The molecule has 1 aliphatic heterocycles. The molecule has 8 nitrogen and oxygen atoms in total. The van der Waals surface area contributed by atoms with Crippen LogP contribution in [-0.4, -0.2) is 59.0 Å². The summed E-state index contributed by atoms with van der Waals surface area (Å²) in [5, 5.41) is 12.8. The van der Waals surface area contributed by atoms with Crippen molar-refractivity contribution in [2.75, 3.05) is 44.2 Å². The fourth-order valence-corrected chi connectivity index (χ4v) is 3.04. The van der Waals surface area contributed by atoms with E-state index in [0.717, 1.165) is 45.6 Å². The molecule has 0 saturated carbocycles. The van der Waals surface area contributed by atoms with Crippen molar-refractivity contribution in [1.29, 1.82) is 5.26 Å². The van der Waals surface area contributed by atoms with Crippen molar-refractivity contribution in [3.05, 3.63) is 46.5 Å². The monoisotopic (exact) mass is 368 g/mol. The summed E-state index contributed by atoms with van der Waals surface area (Å²) in [7, 11) is 1.56. The van der Waals surface area contributed by atoms with Crippen molar-refractivity contribution in [2.45, 2.75) is 12.8 Å². The lowest BCUT2D eigenvalue weighted by Crippen LogP contribution is -2.46. The van der Waals surface area contributed by atoms with Crippen molar-refractivity contribution in [3.63, 3.8) is 0 Å². The minimum absolute atomic E-state index is 0.286. The van der Waals surface area contributed by atoms with E-state index in [0.29, 0.717) is 12.2 Å². The normalized spacial score (nSPS) is 14.7. The Morgan fingerprint density at radius 2 is 1.89 bits per heavy atom. The third-order valence-corrected chi connectivity index (χ3v) is 4.68. The number of unbranched alkanes of at least 4 members (excludes halogenated alkanes) is 1. The number of anilines is 1. The summed E-state index contributed by atoms with van der Waals surface area (Å²) in [6.07, 6.45) is 3.41. The number of piperazine rings is 1. The van der Waals surface area contributed by atoms with Gasteiger partial charge in [-0.25, -0.2) is 9.48 Å². The molecule has 0 N–H and O–H groups in total. The van der Waals surface area contributed by atoms with Gasteiger partial charge in [-0.1, -0.05) is 0 Å². The average Bonchev–Trinajstić information content (AvgIpc) is 2.71. The number of aryl methyl sites for hydroxylation is 1. The summed E-state index contributed by atoms with van der Waals surface area (Å²) in [4.78, 5) is 20.0. The molecule has 1 fully saturated rings. The molecule has 2 aromatic rings. The lowest BCUT2D eigenvalue weighted by atomic mass is 10.2. The maximum absolute atomic E-state index is 11.4. The maximum Gasteiger partial charge on any atom is 0.366 e. The molecule has 0 aliphatic carbocycles. The van der Waals surface area contributed by atoms with E-state index in [9.17, 15) is 4.79 Å². The first kappa shape index (κ1) is 18.9. The molecule has 27 heavy (non-hydrogen) atoms. The zero-order chi connectivity index (χ0) is 19.1. The summed E-state index contributed by atoms with van der Waals surface area (Å²) in [5.74, 6) is 0.286. The maximum atomic E-state index is 11.4. The molecule has 1 aromatic heterocycles. The predicted molar refractivity (Wildman–Crippen MR) is 102 cm³/mol. The van der Waals surface area contributed by atoms with Crippen LogP contribution in [0.25, 0.3) is 0 Å². The van der Waals surface area contributed by atoms with Gasteiger partial charge in [0.05, 0.1) is 18.2 Å². The number of hydrogen-bond acceptors (Lipinski definition) is 7. The van der Waals surface area contributed by atoms with Gasteiger partial charge in [-0.15, -0.1) is 0 Å². The van der Waals surface area contributed by atoms with Crippen molar-refractivity contribution in [1.82, 2.24) is 19.7 Å². The van der Waals surface area contributed by atoms with Crippen LogP contribution >= 0.6 is 0 Å². The molecule has 1 aromatic carbocycles. The Labute approximate surface area is 158 Å². The van der Waals surface area contributed by atoms with Crippen LogP contribution < -0.4 is 15.3 Å². The molecular formula is C19H24N6O2. The molecule has 0 amide bonds. The smallest absolute Gasteiger partial charge is 0.366 e. The van der Waals surface area contributed by atoms with E-state index >= 15 is 0 Å². The SMILES string of the molecule is Cn1ncc(OCCCCN2CCN(c3ccc(C#N)cc3)CC2)nc1=O. The number of benzene rings is 1. The lowest BCUT2D eigenvalue weighted by molar-refractivity contribution is 0.235. The fraction of sp³-hybridized carbons (Fsp3) is 0.474. The Morgan fingerprint density at radius 3 is 2.56 bits per heavy atom. The first-order valence-corrected chi connectivity index (χ1v) is 9.16. The third-order valence-electron chi connectivity index (χ3n) is 4.68. The van der Waals surface area contributed by atoms with Gasteiger partial charge in [0.25, 0.3) is 0 Å². The third kappa shape index (κ3) is 5.28. The van der Waals surface area contributed by atoms with Crippen molar-refractivity contribution >= 4 is 5.69 Å². The van der Waals surface area contributed by atoms with Gasteiger partial charge in [-0.05, 0) is 43.7 Å². The van der Waals surface area contributed by atoms with E-state index in [2.05, 4.69) is 26.0 Å². The van der Waals surface area contributed by atoms with E-state index in [1.54, 1.807) is 7.05 Å². The topological polar surface area (TPSA) is 87.3 Å². The van der Waals surface area contributed by atoms with Gasteiger partial charge in [0.2, 0.25) is 5.88 Å². The minimum atomic E-state index is -0.410. The Balaban J connectivity index is 1.33. The van der Waals surface area contributed by atoms with E-state index in [4.69, 9.17) is 10.00 Å². The van der Waals surface area contributed by atoms with Crippen molar-refractivity contribution < 1.29 is 4.74 Å². The highest BCUT2D eigenvalue weighted by Crippen LogP contribution is 2.17. The molecule has 1 saturated heterocycles. The fourth-order valence-electron chi connectivity index (χ4n) is 3.04. The van der Waals surface area contributed by atoms with Gasteiger partial charge in [0.15, 0.2) is 0 Å². The van der Waals surface area contributed by atoms with E-state index in [1.807, 2.05) is 24.3 Å². The zero-order valence-electron chi connectivity index (χ0n) is 15.5. The number of ether oxygens (including phenoxy) is 1. The molecule has 0 bridgehead atoms. The Hall–Kier alpha value is -2.92. The van der Waals surface area contributed by atoms with Crippen LogP contribution in [-0.2, 0) is 7.05 Å². The highest BCUT2D eigenvalue weighted by molar-refractivity contribution is 5.50. The predicted octanol–water partition coefficient (Wildman–Crippen LogP) is 1.03. The number of nitriles is 1. The Morgan fingerprint density at radius 1 is 1.15 bits per heavy atom. The molecule has 142 valence electrons. The van der Waals surface area contributed by atoms with E-state index in [1.165, 1.54) is 16.6 Å². The Kier molecular flexibility index (Phi) is 6.39. The van der Waals surface area contributed by atoms with Crippen LogP contribution in [0.4, 0.5) is 5.69 Å². The quantitative estimate of drug-likeness (QED) is 0.675. The van der Waals surface area contributed by atoms with Crippen molar-refractivity contribution in [3.8, 4) is 11.9 Å². The molecule has 0 atom stereocenters. The summed E-state index contributed by atoms with van der Waals surface area (Å²) < 4.78 is 6.66. The van der Waals surface area contributed by atoms with Crippen LogP contribution in [0, 0.1) is 11.3 Å². The molecule has 0 unspecified atom stereocenters. The standard InChI is InChI=1S/C19H24N6O2/c1-23-19(26)22-18(15-21-23)27-13-3-2-8-24-9-11-25(12-10-24)17-6-4-16(14-20)5-7-17/h4-7,15H,2-3,8-13H2,1H3.